The highest BCUT2D eigenvalue weighted by molar-refractivity contribution is 5.95. The Morgan fingerprint density at radius 2 is 2.31 bits per heavy atom. The summed E-state index contributed by atoms with van der Waals surface area (Å²) >= 11 is 0. The molecule has 4 N–H and O–H groups in total. The monoisotopic (exact) mass is 224 g/mol. The van der Waals surface area contributed by atoms with Gasteiger partial charge >= 0.3 is 0 Å². The maximum absolute atomic E-state index is 11.6. The molecule has 0 aliphatic carbocycles. The molecule has 0 aliphatic heterocycles. The third-order valence-electron chi connectivity index (χ3n) is 2.14. The number of rotatable bonds is 4. The summed E-state index contributed by atoms with van der Waals surface area (Å²) in [6.07, 6.45) is 0. The number of benzene rings is 1. The van der Waals surface area contributed by atoms with Gasteiger partial charge in [-0.05, 0) is 25.1 Å². The maximum Gasteiger partial charge on any atom is 0.251 e. The molecular weight excluding hydrogens is 208 g/mol. The number of amides is 1. The predicted molar refractivity (Wildman–Crippen MR) is 61.4 cm³/mol. The number of aliphatic hydroxyl groups is 1. The maximum atomic E-state index is 11.6. The number of carbonyl (C=O) groups excluding carboxylic acids is 1. The smallest absolute Gasteiger partial charge is 0.251 e. The Bertz CT molecular complexity index is 379. The van der Waals surface area contributed by atoms with Crippen molar-refractivity contribution < 1.29 is 14.6 Å². The molecule has 5 nitrogen and oxygen atoms in total. The first-order valence-electron chi connectivity index (χ1n) is 4.93. The summed E-state index contributed by atoms with van der Waals surface area (Å²) in [6, 6.07) is 4.51. The van der Waals surface area contributed by atoms with Crippen molar-refractivity contribution in [1.82, 2.24) is 5.32 Å². The van der Waals surface area contributed by atoms with E-state index in [4.69, 9.17) is 15.6 Å². The quantitative estimate of drug-likeness (QED) is 0.646. The van der Waals surface area contributed by atoms with Gasteiger partial charge in [-0.2, -0.15) is 0 Å². The summed E-state index contributed by atoms with van der Waals surface area (Å²) in [5.41, 5.74) is 6.53. The lowest BCUT2D eigenvalue weighted by atomic mass is 10.1. The minimum Gasteiger partial charge on any atom is -0.495 e. The fraction of sp³-hybridized carbons (Fsp3) is 0.364. The highest BCUT2D eigenvalue weighted by atomic mass is 16.5. The Morgan fingerprint density at radius 3 is 2.81 bits per heavy atom. The molecule has 16 heavy (non-hydrogen) atoms. The number of hydrogen-bond donors (Lipinski definition) is 3. The van der Waals surface area contributed by atoms with E-state index < -0.39 is 0 Å². The van der Waals surface area contributed by atoms with Crippen molar-refractivity contribution in [1.29, 1.82) is 0 Å². The Morgan fingerprint density at radius 1 is 1.62 bits per heavy atom. The number of nitrogen functional groups attached to an aromatic ring is 1. The predicted octanol–water partition coefficient (Wildman–Crippen LogP) is 0.388. The van der Waals surface area contributed by atoms with Crippen LogP contribution in [-0.4, -0.2) is 30.8 Å². The van der Waals surface area contributed by atoms with Gasteiger partial charge < -0.3 is 20.9 Å². The molecule has 5 heteroatoms. The lowest BCUT2D eigenvalue weighted by Gasteiger charge is -2.11. The molecule has 0 radical (unpaired) electrons. The molecular formula is C11H16N2O3. The number of ether oxygens (including phenoxy) is 1. The van der Waals surface area contributed by atoms with E-state index in [0.717, 1.165) is 0 Å². The summed E-state index contributed by atoms with van der Waals surface area (Å²) in [7, 11) is 1.51. The van der Waals surface area contributed by atoms with Crippen LogP contribution in [0.3, 0.4) is 0 Å². The van der Waals surface area contributed by atoms with Crippen LogP contribution in [0.15, 0.2) is 18.2 Å². The van der Waals surface area contributed by atoms with Crippen molar-refractivity contribution in [2.24, 2.45) is 0 Å². The Kier molecular flexibility index (Phi) is 4.13. The summed E-state index contributed by atoms with van der Waals surface area (Å²) < 4.78 is 4.99. The topological polar surface area (TPSA) is 84.6 Å². The van der Waals surface area contributed by atoms with Crippen LogP contribution in [0, 0.1) is 0 Å². The van der Waals surface area contributed by atoms with Gasteiger partial charge in [0.15, 0.2) is 0 Å². The van der Waals surface area contributed by atoms with Crippen molar-refractivity contribution >= 4 is 11.6 Å². The molecule has 0 saturated heterocycles. The van der Waals surface area contributed by atoms with Gasteiger partial charge in [0, 0.05) is 11.6 Å². The molecule has 1 atom stereocenters. The van der Waals surface area contributed by atoms with Crippen LogP contribution in [-0.2, 0) is 0 Å². The van der Waals surface area contributed by atoms with Gasteiger partial charge in [-0.3, -0.25) is 4.79 Å². The average molecular weight is 224 g/mol. The first-order chi connectivity index (χ1) is 7.58. The number of methoxy groups -OCH3 is 1. The van der Waals surface area contributed by atoms with Crippen LogP contribution in [0.25, 0.3) is 0 Å². The fourth-order valence-electron chi connectivity index (χ4n) is 1.23. The van der Waals surface area contributed by atoms with E-state index in [1.165, 1.54) is 13.2 Å². The zero-order chi connectivity index (χ0) is 12.1. The van der Waals surface area contributed by atoms with Crippen LogP contribution < -0.4 is 15.8 Å². The van der Waals surface area contributed by atoms with Crippen LogP contribution in [0.1, 0.15) is 17.3 Å². The molecule has 0 unspecified atom stereocenters. The molecule has 0 bridgehead atoms. The summed E-state index contributed by atoms with van der Waals surface area (Å²) in [6.45, 7) is 1.61. The third kappa shape index (κ3) is 2.87. The van der Waals surface area contributed by atoms with Gasteiger partial charge in [-0.25, -0.2) is 0 Å². The Labute approximate surface area is 94.2 Å². The average Bonchev–Trinajstić information content (AvgIpc) is 2.28. The first kappa shape index (κ1) is 12.3. The number of nitrogens with two attached hydrogens (primary N) is 1. The molecule has 0 aliphatic rings. The molecule has 0 saturated carbocycles. The van der Waals surface area contributed by atoms with E-state index in [1.54, 1.807) is 19.1 Å². The van der Waals surface area contributed by atoms with E-state index in [0.29, 0.717) is 17.0 Å². The van der Waals surface area contributed by atoms with Crippen molar-refractivity contribution in [3.63, 3.8) is 0 Å². The van der Waals surface area contributed by atoms with Gasteiger partial charge in [-0.1, -0.05) is 0 Å². The molecule has 1 aromatic rings. The number of aliphatic hydroxyl groups excluding tert-OH is 1. The number of carbonyl (C=O) groups is 1. The molecule has 1 aromatic carbocycles. The normalized spacial score (nSPS) is 11.9. The molecule has 0 aromatic heterocycles. The Hall–Kier alpha value is -1.75. The van der Waals surface area contributed by atoms with E-state index in [-0.39, 0.29) is 18.6 Å². The summed E-state index contributed by atoms with van der Waals surface area (Å²) in [4.78, 5) is 11.6. The SMILES string of the molecule is COc1ccc(C(=O)N[C@@H](C)CO)cc1N. The van der Waals surface area contributed by atoms with Crippen LogP contribution in [0.4, 0.5) is 5.69 Å². The van der Waals surface area contributed by atoms with Crippen LogP contribution in [0.2, 0.25) is 0 Å². The second kappa shape index (κ2) is 5.37. The van der Waals surface area contributed by atoms with Crippen LogP contribution >= 0.6 is 0 Å². The van der Waals surface area contributed by atoms with E-state index >= 15 is 0 Å². The van der Waals surface area contributed by atoms with Gasteiger partial charge in [0.05, 0.1) is 19.4 Å². The van der Waals surface area contributed by atoms with Crippen molar-refractivity contribution in [3.8, 4) is 5.75 Å². The first-order valence-corrected chi connectivity index (χ1v) is 4.93. The highest BCUT2D eigenvalue weighted by Crippen LogP contribution is 2.21. The molecule has 1 rings (SSSR count). The Balaban J connectivity index is 2.81. The lowest BCUT2D eigenvalue weighted by Crippen LogP contribution is -2.34. The van der Waals surface area contributed by atoms with Crippen molar-refractivity contribution in [3.05, 3.63) is 23.8 Å². The molecule has 0 heterocycles. The second-order valence-corrected chi connectivity index (χ2v) is 3.51. The summed E-state index contributed by atoms with van der Waals surface area (Å²) in [5.74, 6) is 0.266. The highest BCUT2D eigenvalue weighted by Gasteiger charge is 2.10. The lowest BCUT2D eigenvalue weighted by molar-refractivity contribution is 0.0922. The van der Waals surface area contributed by atoms with Crippen LogP contribution in [0.5, 0.6) is 5.75 Å². The van der Waals surface area contributed by atoms with Gasteiger partial charge in [0.25, 0.3) is 5.91 Å². The minimum atomic E-state index is -0.282. The number of nitrogens with one attached hydrogen (secondary N) is 1. The third-order valence-corrected chi connectivity index (χ3v) is 2.14. The standard InChI is InChI=1S/C11H16N2O3/c1-7(6-14)13-11(15)8-3-4-10(16-2)9(12)5-8/h3-5,7,14H,6,12H2,1-2H3,(H,13,15)/t7-/m0/s1. The fourth-order valence-corrected chi connectivity index (χ4v) is 1.23. The van der Waals surface area contributed by atoms with E-state index in [2.05, 4.69) is 5.32 Å². The largest absolute Gasteiger partial charge is 0.495 e. The number of anilines is 1. The van der Waals surface area contributed by atoms with Gasteiger partial charge in [-0.15, -0.1) is 0 Å². The van der Waals surface area contributed by atoms with E-state index in [9.17, 15) is 4.79 Å². The molecule has 0 fully saturated rings. The summed E-state index contributed by atoms with van der Waals surface area (Å²) in [5, 5.41) is 11.4. The van der Waals surface area contributed by atoms with Gasteiger partial charge in [0.2, 0.25) is 0 Å². The van der Waals surface area contributed by atoms with Gasteiger partial charge in [0.1, 0.15) is 5.75 Å². The van der Waals surface area contributed by atoms with Crippen molar-refractivity contribution in [2.45, 2.75) is 13.0 Å². The number of hydrogen-bond acceptors (Lipinski definition) is 4. The second-order valence-electron chi connectivity index (χ2n) is 3.51. The zero-order valence-electron chi connectivity index (χ0n) is 9.36. The van der Waals surface area contributed by atoms with E-state index in [1.807, 2.05) is 0 Å². The molecule has 88 valence electrons. The van der Waals surface area contributed by atoms with Crippen molar-refractivity contribution in [2.75, 3.05) is 19.5 Å². The molecule has 0 spiro atoms. The minimum absolute atomic E-state index is 0.0998. The molecule has 1 amide bonds. The zero-order valence-corrected chi connectivity index (χ0v) is 9.36.